The average Bonchev–Trinajstić information content (AvgIpc) is 2.47. The first-order chi connectivity index (χ1) is 9.61. The summed E-state index contributed by atoms with van der Waals surface area (Å²) < 4.78 is 0. The van der Waals surface area contributed by atoms with Crippen LogP contribution in [0.5, 0.6) is 0 Å². The van der Waals surface area contributed by atoms with Gasteiger partial charge in [0.05, 0.1) is 6.04 Å². The first-order valence-electron chi connectivity index (χ1n) is 6.28. The summed E-state index contributed by atoms with van der Waals surface area (Å²) in [6.45, 7) is 3.95. The fourth-order valence-electron chi connectivity index (χ4n) is 1.95. The van der Waals surface area contributed by atoms with Crippen LogP contribution >= 0.6 is 0 Å². The topological polar surface area (TPSA) is 92.9 Å². The molecule has 0 radical (unpaired) electrons. The third kappa shape index (κ3) is 3.10. The van der Waals surface area contributed by atoms with E-state index < -0.39 is 0 Å². The van der Waals surface area contributed by atoms with Gasteiger partial charge in [-0.1, -0.05) is 24.3 Å². The van der Waals surface area contributed by atoms with E-state index in [1.165, 1.54) is 0 Å². The quantitative estimate of drug-likeness (QED) is 0.579. The zero-order valence-electron chi connectivity index (χ0n) is 11.4. The molecule has 1 amide bonds. The van der Waals surface area contributed by atoms with Crippen LogP contribution in [0.1, 0.15) is 34.6 Å². The van der Waals surface area contributed by atoms with E-state index in [0.717, 1.165) is 11.1 Å². The van der Waals surface area contributed by atoms with Gasteiger partial charge in [-0.05, 0) is 37.1 Å². The zero-order chi connectivity index (χ0) is 14.5. The largest absolute Gasteiger partial charge is 0.344 e. The fraction of sp³-hybridized carbons (Fsp3) is 0.214. The molecule has 1 heterocycles. The van der Waals surface area contributed by atoms with Crippen molar-refractivity contribution in [3.63, 3.8) is 0 Å². The lowest BCUT2D eigenvalue weighted by Gasteiger charge is -2.16. The fourth-order valence-corrected chi connectivity index (χ4v) is 1.95. The van der Waals surface area contributed by atoms with Crippen molar-refractivity contribution in [3.05, 3.63) is 53.2 Å². The highest BCUT2D eigenvalue weighted by atomic mass is 16.2. The molecule has 4 N–H and O–H groups in total. The lowest BCUT2D eigenvalue weighted by molar-refractivity contribution is 0.0934. The van der Waals surface area contributed by atoms with Crippen LogP contribution in [0.15, 0.2) is 36.4 Å². The number of nitrogen functional groups attached to an aromatic ring is 1. The smallest absolute Gasteiger partial charge is 0.272 e. The Labute approximate surface area is 117 Å². The number of hydrazine groups is 1. The Hall–Kier alpha value is -2.47. The normalized spacial score (nSPS) is 11.8. The van der Waals surface area contributed by atoms with Crippen LogP contribution in [0.2, 0.25) is 0 Å². The van der Waals surface area contributed by atoms with Crippen molar-refractivity contribution in [2.75, 3.05) is 5.43 Å². The van der Waals surface area contributed by atoms with E-state index in [1.54, 1.807) is 12.1 Å². The Morgan fingerprint density at radius 1 is 1.20 bits per heavy atom. The van der Waals surface area contributed by atoms with Gasteiger partial charge in [-0.15, -0.1) is 10.2 Å². The zero-order valence-corrected chi connectivity index (χ0v) is 11.4. The van der Waals surface area contributed by atoms with Crippen molar-refractivity contribution < 1.29 is 4.79 Å². The van der Waals surface area contributed by atoms with Crippen LogP contribution in [0.25, 0.3) is 0 Å². The van der Waals surface area contributed by atoms with Gasteiger partial charge >= 0.3 is 0 Å². The summed E-state index contributed by atoms with van der Waals surface area (Å²) in [7, 11) is 0. The van der Waals surface area contributed by atoms with Gasteiger partial charge in [0.25, 0.3) is 5.91 Å². The molecule has 6 heteroatoms. The highest BCUT2D eigenvalue weighted by Gasteiger charge is 2.14. The van der Waals surface area contributed by atoms with Gasteiger partial charge in [-0.25, -0.2) is 5.84 Å². The first-order valence-corrected chi connectivity index (χ1v) is 6.28. The van der Waals surface area contributed by atoms with Gasteiger partial charge < -0.3 is 10.7 Å². The van der Waals surface area contributed by atoms with Gasteiger partial charge in [0, 0.05) is 0 Å². The van der Waals surface area contributed by atoms with E-state index in [0.29, 0.717) is 5.82 Å². The van der Waals surface area contributed by atoms with E-state index in [9.17, 15) is 4.79 Å². The number of anilines is 1. The van der Waals surface area contributed by atoms with E-state index in [4.69, 9.17) is 5.84 Å². The summed E-state index contributed by atoms with van der Waals surface area (Å²) in [5.74, 6) is 5.34. The van der Waals surface area contributed by atoms with Crippen molar-refractivity contribution >= 4 is 11.7 Å². The van der Waals surface area contributed by atoms with Crippen molar-refractivity contribution in [1.29, 1.82) is 0 Å². The van der Waals surface area contributed by atoms with Crippen molar-refractivity contribution in [2.45, 2.75) is 19.9 Å². The summed E-state index contributed by atoms with van der Waals surface area (Å²) in [4.78, 5) is 12.1. The lowest BCUT2D eigenvalue weighted by Crippen LogP contribution is -2.28. The summed E-state index contributed by atoms with van der Waals surface area (Å²) in [5.41, 5.74) is 4.83. The Bertz CT molecular complexity index is 597. The molecule has 0 bridgehead atoms. The molecule has 0 aliphatic rings. The Morgan fingerprint density at radius 3 is 2.55 bits per heavy atom. The standard InChI is InChI=1S/C14H17N5O/c1-9-5-3-4-6-11(9)10(2)16-14(20)12-7-8-13(17-15)19-18-12/h3-8,10H,15H2,1-2H3,(H,16,20)(H,17,19). The van der Waals surface area contributed by atoms with Crippen LogP contribution < -0.4 is 16.6 Å². The maximum Gasteiger partial charge on any atom is 0.272 e. The highest BCUT2D eigenvalue weighted by Crippen LogP contribution is 2.17. The number of carbonyl (C=O) groups excluding carboxylic acids is 1. The molecular weight excluding hydrogens is 254 g/mol. The molecule has 0 saturated carbocycles. The van der Waals surface area contributed by atoms with E-state index in [-0.39, 0.29) is 17.6 Å². The number of nitrogens with zero attached hydrogens (tertiary/aromatic N) is 2. The third-order valence-electron chi connectivity index (χ3n) is 3.05. The molecule has 104 valence electrons. The van der Waals surface area contributed by atoms with Crippen LogP contribution in [0, 0.1) is 6.92 Å². The maximum atomic E-state index is 12.1. The predicted molar refractivity (Wildman–Crippen MR) is 76.9 cm³/mol. The minimum Gasteiger partial charge on any atom is -0.344 e. The number of nitrogens with two attached hydrogens (primary N) is 1. The number of aryl methyl sites for hydroxylation is 1. The number of aromatic nitrogens is 2. The molecule has 20 heavy (non-hydrogen) atoms. The van der Waals surface area contributed by atoms with Crippen LogP contribution in [0.4, 0.5) is 5.82 Å². The number of amides is 1. The van der Waals surface area contributed by atoms with Crippen LogP contribution in [-0.4, -0.2) is 16.1 Å². The van der Waals surface area contributed by atoms with Gasteiger partial charge in [0.2, 0.25) is 0 Å². The summed E-state index contributed by atoms with van der Waals surface area (Å²) in [6.07, 6.45) is 0. The van der Waals surface area contributed by atoms with Gasteiger partial charge in [-0.3, -0.25) is 4.79 Å². The molecule has 0 aliphatic heterocycles. The third-order valence-corrected chi connectivity index (χ3v) is 3.05. The first kappa shape index (κ1) is 14.0. The molecule has 6 nitrogen and oxygen atoms in total. The monoisotopic (exact) mass is 271 g/mol. The van der Waals surface area contributed by atoms with Crippen molar-refractivity contribution in [2.24, 2.45) is 5.84 Å². The van der Waals surface area contributed by atoms with Crippen LogP contribution in [-0.2, 0) is 0 Å². The summed E-state index contributed by atoms with van der Waals surface area (Å²) in [6, 6.07) is 11.0. The Morgan fingerprint density at radius 2 is 1.95 bits per heavy atom. The van der Waals surface area contributed by atoms with Gasteiger partial charge in [0.1, 0.15) is 0 Å². The number of rotatable bonds is 4. The van der Waals surface area contributed by atoms with E-state index in [2.05, 4.69) is 20.9 Å². The van der Waals surface area contributed by atoms with Gasteiger partial charge in [-0.2, -0.15) is 0 Å². The Balaban J connectivity index is 2.09. The minimum absolute atomic E-state index is 0.0992. The average molecular weight is 271 g/mol. The SMILES string of the molecule is Cc1ccccc1C(C)NC(=O)c1ccc(NN)nn1. The molecule has 1 aromatic heterocycles. The number of hydrogen-bond acceptors (Lipinski definition) is 5. The molecule has 1 aromatic carbocycles. The molecular formula is C14H17N5O. The molecule has 2 rings (SSSR count). The molecule has 0 fully saturated rings. The van der Waals surface area contributed by atoms with Crippen molar-refractivity contribution in [3.8, 4) is 0 Å². The van der Waals surface area contributed by atoms with E-state index in [1.807, 2.05) is 38.1 Å². The number of hydrogen-bond donors (Lipinski definition) is 3. The molecule has 2 aromatic rings. The van der Waals surface area contributed by atoms with E-state index >= 15 is 0 Å². The minimum atomic E-state index is -0.267. The number of carbonyl (C=O) groups is 1. The lowest BCUT2D eigenvalue weighted by atomic mass is 10.0. The second kappa shape index (κ2) is 6.12. The van der Waals surface area contributed by atoms with Crippen molar-refractivity contribution in [1.82, 2.24) is 15.5 Å². The molecule has 0 saturated heterocycles. The predicted octanol–water partition coefficient (Wildman–Crippen LogP) is 1.56. The number of nitrogens with one attached hydrogen (secondary N) is 2. The van der Waals surface area contributed by atoms with Crippen LogP contribution in [0.3, 0.4) is 0 Å². The molecule has 1 atom stereocenters. The second-order valence-electron chi connectivity index (χ2n) is 4.50. The second-order valence-corrected chi connectivity index (χ2v) is 4.50. The number of benzene rings is 1. The Kier molecular flexibility index (Phi) is 4.27. The summed E-state index contributed by atoms with van der Waals surface area (Å²) in [5, 5.41) is 10.5. The highest BCUT2D eigenvalue weighted by molar-refractivity contribution is 5.92. The molecule has 0 aliphatic carbocycles. The molecule has 0 spiro atoms. The maximum absolute atomic E-state index is 12.1. The van der Waals surface area contributed by atoms with Gasteiger partial charge in [0.15, 0.2) is 11.5 Å². The molecule has 1 unspecified atom stereocenters. The summed E-state index contributed by atoms with van der Waals surface area (Å²) >= 11 is 0.